The van der Waals surface area contributed by atoms with Crippen LogP contribution in [-0.4, -0.2) is 44.8 Å². The van der Waals surface area contributed by atoms with Gasteiger partial charge in [0.05, 0.1) is 17.2 Å². The quantitative estimate of drug-likeness (QED) is 0.919. The van der Waals surface area contributed by atoms with Gasteiger partial charge in [0.25, 0.3) is 5.91 Å². The summed E-state index contributed by atoms with van der Waals surface area (Å²) in [6, 6.07) is 0. The van der Waals surface area contributed by atoms with Crippen LogP contribution in [0.25, 0.3) is 0 Å². The van der Waals surface area contributed by atoms with Crippen molar-refractivity contribution in [3.8, 4) is 0 Å². The lowest BCUT2D eigenvalue weighted by atomic mass is 9.97. The predicted octanol–water partition coefficient (Wildman–Crippen LogP) is 1.85. The number of likely N-dealkylation sites (tertiary alicyclic amines) is 1. The van der Waals surface area contributed by atoms with E-state index in [1.54, 1.807) is 4.90 Å². The number of amides is 1. The van der Waals surface area contributed by atoms with Crippen LogP contribution in [0, 0.1) is 19.8 Å². The highest BCUT2D eigenvalue weighted by atomic mass is 16.4. The maximum atomic E-state index is 12.7. The topological polar surface area (TPSA) is 75.4 Å². The number of carboxylic acid groups (broad SMARTS) is 1. The number of aryl methyl sites for hydroxylation is 2. The van der Waals surface area contributed by atoms with E-state index in [4.69, 9.17) is 5.11 Å². The van der Waals surface area contributed by atoms with Crippen LogP contribution in [0.5, 0.6) is 0 Å². The first-order chi connectivity index (χ1) is 9.95. The summed E-state index contributed by atoms with van der Waals surface area (Å²) in [5.41, 5.74) is 2.23. The number of carbonyl (C=O) groups is 2. The van der Waals surface area contributed by atoms with E-state index in [0.717, 1.165) is 30.8 Å². The zero-order valence-corrected chi connectivity index (χ0v) is 12.9. The minimum absolute atomic E-state index is 0.0849. The smallest absolute Gasteiger partial charge is 0.308 e. The van der Waals surface area contributed by atoms with Crippen LogP contribution >= 0.6 is 0 Å². The minimum Gasteiger partial charge on any atom is -0.481 e. The van der Waals surface area contributed by atoms with Gasteiger partial charge in [0.2, 0.25) is 0 Å². The molecule has 1 aliphatic heterocycles. The Morgan fingerprint density at radius 3 is 2.71 bits per heavy atom. The van der Waals surface area contributed by atoms with E-state index < -0.39 is 11.9 Å². The molecule has 6 heteroatoms. The maximum Gasteiger partial charge on any atom is 0.308 e. The molecule has 0 aliphatic carbocycles. The van der Waals surface area contributed by atoms with Crippen LogP contribution in [0.2, 0.25) is 0 Å². The fourth-order valence-corrected chi connectivity index (χ4v) is 2.96. The first kappa shape index (κ1) is 15.5. The van der Waals surface area contributed by atoms with E-state index in [2.05, 4.69) is 12.0 Å². The summed E-state index contributed by atoms with van der Waals surface area (Å²) in [4.78, 5) is 25.5. The molecular weight excluding hydrogens is 270 g/mol. The number of carbonyl (C=O) groups excluding carboxylic acids is 1. The van der Waals surface area contributed by atoms with Crippen molar-refractivity contribution in [1.82, 2.24) is 14.7 Å². The molecule has 1 saturated heterocycles. The fourth-order valence-electron chi connectivity index (χ4n) is 2.96. The molecule has 1 unspecified atom stereocenters. The monoisotopic (exact) mass is 293 g/mol. The molecule has 2 rings (SSSR count). The Labute approximate surface area is 124 Å². The van der Waals surface area contributed by atoms with Crippen LogP contribution in [0.1, 0.15) is 47.9 Å². The molecule has 21 heavy (non-hydrogen) atoms. The Balaban J connectivity index is 2.22. The van der Waals surface area contributed by atoms with E-state index in [9.17, 15) is 9.59 Å². The van der Waals surface area contributed by atoms with Crippen molar-refractivity contribution in [2.75, 3.05) is 13.1 Å². The highest BCUT2D eigenvalue weighted by molar-refractivity contribution is 5.96. The van der Waals surface area contributed by atoms with Gasteiger partial charge in [-0.25, -0.2) is 0 Å². The summed E-state index contributed by atoms with van der Waals surface area (Å²) in [5, 5.41) is 13.6. The number of aromatic nitrogens is 2. The van der Waals surface area contributed by atoms with E-state index in [1.807, 2.05) is 18.5 Å². The van der Waals surface area contributed by atoms with Gasteiger partial charge in [0, 0.05) is 25.3 Å². The van der Waals surface area contributed by atoms with Crippen LogP contribution in [0.15, 0.2) is 0 Å². The molecule has 1 amide bonds. The normalized spacial score (nSPS) is 18.8. The molecule has 0 aromatic carbocycles. The van der Waals surface area contributed by atoms with Crippen molar-refractivity contribution in [2.24, 2.45) is 5.92 Å². The van der Waals surface area contributed by atoms with E-state index in [-0.39, 0.29) is 5.91 Å². The Bertz CT molecular complexity index is 551. The number of hydrogen-bond acceptors (Lipinski definition) is 3. The lowest BCUT2D eigenvalue weighted by molar-refractivity contribution is -0.143. The van der Waals surface area contributed by atoms with Crippen molar-refractivity contribution in [1.29, 1.82) is 0 Å². The Hall–Kier alpha value is -1.85. The van der Waals surface area contributed by atoms with Gasteiger partial charge in [0.1, 0.15) is 0 Å². The van der Waals surface area contributed by atoms with Crippen LogP contribution < -0.4 is 0 Å². The van der Waals surface area contributed by atoms with Crippen molar-refractivity contribution < 1.29 is 14.7 Å². The first-order valence-corrected chi connectivity index (χ1v) is 7.51. The molecule has 1 aromatic heterocycles. The second-order valence-electron chi connectivity index (χ2n) is 5.70. The van der Waals surface area contributed by atoms with Gasteiger partial charge in [-0.1, -0.05) is 6.92 Å². The predicted molar refractivity (Wildman–Crippen MR) is 78.3 cm³/mol. The van der Waals surface area contributed by atoms with E-state index in [0.29, 0.717) is 25.1 Å². The Kier molecular flexibility index (Phi) is 4.65. The molecule has 1 aromatic rings. The van der Waals surface area contributed by atoms with E-state index in [1.165, 1.54) is 0 Å². The number of hydrogen-bond donors (Lipinski definition) is 1. The Morgan fingerprint density at radius 1 is 1.38 bits per heavy atom. The summed E-state index contributed by atoms with van der Waals surface area (Å²) < 4.78 is 1.86. The molecule has 1 aliphatic rings. The zero-order valence-electron chi connectivity index (χ0n) is 12.9. The highest BCUT2D eigenvalue weighted by Gasteiger charge is 2.31. The van der Waals surface area contributed by atoms with Gasteiger partial charge in [0.15, 0.2) is 0 Å². The maximum absolute atomic E-state index is 12.7. The molecule has 6 nitrogen and oxygen atoms in total. The number of nitrogens with zero attached hydrogens (tertiary/aromatic N) is 3. The molecular formula is C15H23N3O3. The molecule has 2 heterocycles. The second-order valence-corrected chi connectivity index (χ2v) is 5.70. The molecule has 116 valence electrons. The van der Waals surface area contributed by atoms with Crippen molar-refractivity contribution in [3.63, 3.8) is 0 Å². The summed E-state index contributed by atoms with van der Waals surface area (Å²) >= 11 is 0. The summed E-state index contributed by atoms with van der Waals surface area (Å²) in [5.74, 6) is -1.35. The third-order valence-electron chi connectivity index (χ3n) is 4.09. The minimum atomic E-state index is -0.817. The lowest BCUT2D eigenvalue weighted by Crippen LogP contribution is -2.42. The average molecular weight is 293 g/mol. The zero-order chi connectivity index (χ0) is 15.6. The first-order valence-electron chi connectivity index (χ1n) is 7.51. The Morgan fingerprint density at radius 2 is 2.10 bits per heavy atom. The number of aliphatic carboxylic acids is 1. The van der Waals surface area contributed by atoms with Gasteiger partial charge < -0.3 is 10.0 Å². The molecule has 1 fully saturated rings. The SMILES string of the molecule is CCCn1nc(C)c(C(=O)N2CCCC(C(=O)O)C2)c1C. The molecule has 0 spiro atoms. The molecule has 1 N–H and O–H groups in total. The molecule has 0 bridgehead atoms. The van der Waals surface area contributed by atoms with E-state index >= 15 is 0 Å². The molecule has 0 radical (unpaired) electrons. The summed E-state index contributed by atoms with van der Waals surface area (Å²) in [6.45, 7) is 7.52. The average Bonchev–Trinajstić information content (AvgIpc) is 2.73. The van der Waals surface area contributed by atoms with Crippen LogP contribution in [0.3, 0.4) is 0 Å². The fraction of sp³-hybridized carbons (Fsp3) is 0.667. The molecule has 0 saturated carbocycles. The van der Waals surface area contributed by atoms with Crippen molar-refractivity contribution >= 4 is 11.9 Å². The number of carboxylic acids is 1. The van der Waals surface area contributed by atoms with Gasteiger partial charge in [-0.05, 0) is 33.1 Å². The van der Waals surface area contributed by atoms with Crippen molar-refractivity contribution in [3.05, 3.63) is 17.0 Å². The van der Waals surface area contributed by atoms with Gasteiger partial charge >= 0.3 is 5.97 Å². The second kappa shape index (κ2) is 6.28. The van der Waals surface area contributed by atoms with Crippen LogP contribution in [0.4, 0.5) is 0 Å². The van der Waals surface area contributed by atoms with Gasteiger partial charge in [-0.2, -0.15) is 5.10 Å². The summed E-state index contributed by atoms with van der Waals surface area (Å²) in [6.07, 6.45) is 2.34. The third kappa shape index (κ3) is 3.09. The number of rotatable bonds is 4. The van der Waals surface area contributed by atoms with Crippen LogP contribution in [-0.2, 0) is 11.3 Å². The number of piperidine rings is 1. The highest BCUT2D eigenvalue weighted by Crippen LogP contribution is 2.22. The molecule has 1 atom stereocenters. The standard InChI is InChI=1S/C15H23N3O3/c1-4-7-18-11(3)13(10(2)16-18)14(19)17-8-5-6-12(9-17)15(20)21/h12H,4-9H2,1-3H3,(H,20,21). The van der Waals surface area contributed by atoms with Crippen molar-refractivity contribution in [2.45, 2.75) is 46.6 Å². The lowest BCUT2D eigenvalue weighted by Gasteiger charge is -2.30. The largest absolute Gasteiger partial charge is 0.481 e. The third-order valence-corrected chi connectivity index (χ3v) is 4.09. The van der Waals surface area contributed by atoms with Gasteiger partial charge in [-0.3, -0.25) is 14.3 Å². The van der Waals surface area contributed by atoms with Gasteiger partial charge in [-0.15, -0.1) is 0 Å². The summed E-state index contributed by atoms with van der Waals surface area (Å²) in [7, 11) is 0.